The van der Waals surface area contributed by atoms with E-state index in [-0.39, 0.29) is 30.2 Å². The third kappa shape index (κ3) is 7.71. The smallest absolute Gasteiger partial charge is 0.408 e. The Morgan fingerprint density at radius 1 is 1.00 bits per heavy atom. The first-order valence-corrected chi connectivity index (χ1v) is 12.9. The fourth-order valence-corrected chi connectivity index (χ4v) is 4.36. The number of phenols is 1. The van der Waals surface area contributed by atoms with Gasteiger partial charge in [0.25, 0.3) is 0 Å². The summed E-state index contributed by atoms with van der Waals surface area (Å²) in [7, 11) is 0. The molecule has 3 amide bonds. The van der Waals surface area contributed by atoms with Crippen molar-refractivity contribution in [1.82, 2.24) is 15.5 Å². The summed E-state index contributed by atoms with van der Waals surface area (Å²) in [4.78, 5) is 42.2. The Labute approximate surface area is 219 Å². The molecule has 3 N–H and O–H groups in total. The highest BCUT2D eigenvalue weighted by molar-refractivity contribution is 5.93. The van der Waals surface area contributed by atoms with Crippen molar-refractivity contribution in [3.8, 4) is 5.75 Å². The number of carbonyl (C=O) groups is 3. The summed E-state index contributed by atoms with van der Waals surface area (Å²) >= 11 is 0. The van der Waals surface area contributed by atoms with Gasteiger partial charge in [-0.1, -0.05) is 48.5 Å². The lowest BCUT2D eigenvalue weighted by molar-refractivity contribution is -0.147. The number of nitrogens with one attached hydrogen (secondary N) is 2. The normalized spacial score (nSPS) is 15.3. The van der Waals surface area contributed by atoms with Gasteiger partial charge in [-0.15, -0.1) is 0 Å². The first-order valence-electron chi connectivity index (χ1n) is 12.9. The van der Waals surface area contributed by atoms with Gasteiger partial charge in [0.1, 0.15) is 23.4 Å². The zero-order valence-corrected chi connectivity index (χ0v) is 22.4. The van der Waals surface area contributed by atoms with E-state index in [1.54, 1.807) is 43.9 Å². The number of nitrogens with zero attached hydrogens (tertiary/aromatic N) is 1. The Morgan fingerprint density at radius 2 is 1.62 bits per heavy atom. The Hall–Kier alpha value is -3.55. The molecule has 200 valence electrons. The molecular formula is C29H39N3O5. The number of aromatic hydroxyl groups is 1. The second kappa shape index (κ2) is 12.1. The molecule has 0 saturated heterocycles. The van der Waals surface area contributed by atoms with Crippen molar-refractivity contribution in [2.45, 2.75) is 90.1 Å². The highest BCUT2D eigenvalue weighted by Crippen LogP contribution is 2.37. The molecule has 1 saturated carbocycles. The van der Waals surface area contributed by atoms with E-state index in [1.165, 1.54) is 6.07 Å². The van der Waals surface area contributed by atoms with Gasteiger partial charge in [0.05, 0.1) is 0 Å². The van der Waals surface area contributed by atoms with Crippen LogP contribution in [-0.2, 0) is 20.7 Å². The third-order valence-corrected chi connectivity index (χ3v) is 6.18. The van der Waals surface area contributed by atoms with Gasteiger partial charge >= 0.3 is 6.09 Å². The van der Waals surface area contributed by atoms with Crippen LogP contribution in [0.2, 0.25) is 0 Å². The molecule has 0 radical (unpaired) electrons. The minimum absolute atomic E-state index is 0.0664. The van der Waals surface area contributed by atoms with Crippen molar-refractivity contribution in [2.24, 2.45) is 0 Å². The lowest BCUT2D eigenvalue weighted by atomic mass is 9.87. The molecule has 0 bridgehead atoms. The van der Waals surface area contributed by atoms with E-state index >= 15 is 0 Å². The summed E-state index contributed by atoms with van der Waals surface area (Å²) < 4.78 is 5.46. The molecule has 1 aliphatic carbocycles. The Morgan fingerprint density at radius 3 is 2.16 bits per heavy atom. The van der Waals surface area contributed by atoms with Gasteiger partial charge in [-0.25, -0.2) is 4.79 Å². The maximum Gasteiger partial charge on any atom is 0.408 e. The van der Waals surface area contributed by atoms with E-state index in [0.29, 0.717) is 5.56 Å². The first kappa shape index (κ1) is 28.0. The molecule has 2 aromatic carbocycles. The molecule has 8 nitrogen and oxygen atoms in total. The topological polar surface area (TPSA) is 108 Å². The maximum absolute atomic E-state index is 14.3. The van der Waals surface area contributed by atoms with Crippen molar-refractivity contribution in [2.75, 3.05) is 0 Å². The SMILES string of the molecule is CC(C)NC(=O)C(c1ccccc1O)N(C(=O)C(Cc1ccccc1)NC(=O)OC(C)(C)C)C1CCC1. The second-order valence-corrected chi connectivity index (χ2v) is 10.8. The number of ether oxygens (including phenoxy) is 1. The summed E-state index contributed by atoms with van der Waals surface area (Å²) in [6.45, 7) is 8.96. The molecule has 0 aliphatic heterocycles. The van der Waals surface area contributed by atoms with E-state index in [9.17, 15) is 19.5 Å². The van der Waals surface area contributed by atoms with Crippen LogP contribution in [0.1, 0.15) is 71.0 Å². The van der Waals surface area contributed by atoms with Crippen LogP contribution in [0.4, 0.5) is 4.79 Å². The quantitative estimate of drug-likeness (QED) is 0.462. The van der Waals surface area contributed by atoms with Gasteiger partial charge < -0.3 is 25.4 Å². The predicted molar refractivity (Wildman–Crippen MR) is 142 cm³/mol. The van der Waals surface area contributed by atoms with E-state index in [1.807, 2.05) is 44.2 Å². The first-order chi connectivity index (χ1) is 17.5. The van der Waals surface area contributed by atoms with Gasteiger partial charge in [0.2, 0.25) is 11.8 Å². The molecule has 0 spiro atoms. The zero-order valence-electron chi connectivity index (χ0n) is 22.4. The van der Waals surface area contributed by atoms with Gasteiger partial charge in [-0.05, 0) is 65.5 Å². The van der Waals surface area contributed by atoms with Crippen LogP contribution in [0, 0.1) is 0 Å². The van der Waals surface area contributed by atoms with Gasteiger partial charge in [-0.2, -0.15) is 0 Å². The monoisotopic (exact) mass is 509 g/mol. The van der Waals surface area contributed by atoms with Crippen molar-refractivity contribution in [3.05, 3.63) is 65.7 Å². The van der Waals surface area contributed by atoms with E-state index < -0.39 is 29.7 Å². The minimum atomic E-state index is -1.06. The zero-order chi connectivity index (χ0) is 27.2. The third-order valence-electron chi connectivity index (χ3n) is 6.18. The molecule has 2 atom stereocenters. The van der Waals surface area contributed by atoms with Crippen LogP contribution in [0.25, 0.3) is 0 Å². The van der Waals surface area contributed by atoms with Crippen LogP contribution >= 0.6 is 0 Å². The van der Waals surface area contributed by atoms with E-state index in [4.69, 9.17) is 4.74 Å². The second-order valence-electron chi connectivity index (χ2n) is 10.8. The number of benzene rings is 2. The molecular weight excluding hydrogens is 470 g/mol. The number of para-hydroxylation sites is 1. The lowest BCUT2D eigenvalue weighted by Gasteiger charge is -2.44. The largest absolute Gasteiger partial charge is 0.508 e. The molecule has 2 unspecified atom stereocenters. The van der Waals surface area contributed by atoms with Crippen molar-refractivity contribution < 1.29 is 24.2 Å². The van der Waals surface area contributed by atoms with Crippen LogP contribution in [0.5, 0.6) is 5.75 Å². The standard InChI is InChI=1S/C29H39N3O5/c1-19(2)30-26(34)25(22-16-9-10-17-24(22)33)32(21-14-11-15-21)27(35)23(18-20-12-7-6-8-13-20)31-28(36)37-29(3,4)5/h6-10,12-13,16-17,19,21,23,25,33H,11,14-15,18H2,1-5H3,(H,30,34)(H,31,36). The molecule has 0 heterocycles. The maximum atomic E-state index is 14.3. The number of amides is 3. The average Bonchev–Trinajstić information content (AvgIpc) is 2.76. The number of carbonyl (C=O) groups excluding carboxylic acids is 3. The van der Waals surface area contributed by atoms with Gasteiger partial charge in [0.15, 0.2) is 0 Å². The summed E-state index contributed by atoms with van der Waals surface area (Å²) in [5.41, 5.74) is 0.459. The molecule has 0 aromatic heterocycles. The summed E-state index contributed by atoms with van der Waals surface area (Å²) in [6, 6.07) is 13.6. The van der Waals surface area contributed by atoms with E-state index in [2.05, 4.69) is 10.6 Å². The van der Waals surface area contributed by atoms with Gasteiger partial charge in [-0.3, -0.25) is 9.59 Å². The van der Waals surface area contributed by atoms with Crippen LogP contribution in [0.15, 0.2) is 54.6 Å². The molecule has 8 heteroatoms. The molecule has 3 rings (SSSR count). The average molecular weight is 510 g/mol. The number of hydrogen-bond acceptors (Lipinski definition) is 5. The molecule has 2 aromatic rings. The van der Waals surface area contributed by atoms with E-state index in [0.717, 1.165) is 24.8 Å². The van der Waals surface area contributed by atoms with Crippen LogP contribution in [-0.4, -0.2) is 51.6 Å². The number of hydrogen-bond donors (Lipinski definition) is 3. The fraction of sp³-hybridized carbons (Fsp3) is 0.483. The Balaban J connectivity index is 2.04. The van der Waals surface area contributed by atoms with Crippen LogP contribution in [0.3, 0.4) is 0 Å². The summed E-state index contributed by atoms with van der Waals surface area (Å²) in [5, 5.41) is 16.4. The van der Waals surface area contributed by atoms with Crippen LogP contribution < -0.4 is 10.6 Å². The number of alkyl carbamates (subject to hydrolysis) is 1. The van der Waals surface area contributed by atoms with Crippen molar-refractivity contribution in [1.29, 1.82) is 0 Å². The Kier molecular flexibility index (Phi) is 9.18. The molecule has 1 fully saturated rings. The highest BCUT2D eigenvalue weighted by atomic mass is 16.6. The Bertz CT molecular complexity index is 1080. The molecule has 1 aliphatic rings. The summed E-state index contributed by atoms with van der Waals surface area (Å²) in [6.07, 6.45) is 1.91. The summed E-state index contributed by atoms with van der Waals surface area (Å²) in [5.74, 6) is -0.845. The predicted octanol–water partition coefficient (Wildman–Crippen LogP) is 4.48. The minimum Gasteiger partial charge on any atom is -0.508 e. The van der Waals surface area contributed by atoms with Gasteiger partial charge in [0, 0.05) is 24.1 Å². The highest BCUT2D eigenvalue weighted by Gasteiger charge is 2.43. The number of rotatable bonds is 9. The molecule has 37 heavy (non-hydrogen) atoms. The fourth-order valence-electron chi connectivity index (χ4n) is 4.36. The number of phenolic OH excluding ortho intramolecular Hbond substituents is 1. The van der Waals surface area contributed by atoms with Crippen molar-refractivity contribution >= 4 is 17.9 Å². The lowest BCUT2D eigenvalue weighted by Crippen LogP contribution is -2.58. The van der Waals surface area contributed by atoms with Crippen molar-refractivity contribution in [3.63, 3.8) is 0 Å².